The first-order valence-corrected chi connectivity index (χ1v) is 42.3. The molecule has 0 amide bonds. The van der Waals surface area contributed by atoms with Crippen LogP contribution in [0.3, 0.4) is 0 Å². The Bertz CT molecular complexity index is 1870. The molecule has 19 heteroatoms. The Balaban J connectivity index is 5.24. The number of esters is 4. The molecule has 0 aromatic rings. The van der Waals surface area contributed by atoms with Crippen LogP contribution in [0, 0.1) is 23.7 Å². The topological polar surface area (TPSA) is 237 Å². The minimum Gasteiger partial charge on any atom is -0.462 e. The van der Waals surface area contributed by atoms with Gasteiger partial charge in [0.05, 0.1) is 26.4 Å². The third kappa shape index (κ3) is 67.6. The van der Waals surface area contributed by atoms with Crippen molar-refractivity contribution in [2.24, 2.45) is 23.7 Å². The Morgan fingerprint density at radius 3 is 0.747 bits per heavy atom. The highest BCUT2D eigenvalue weighted by Crippen LogP contribution is 2.45. The maximum Gasteiger partial charge on any atom is 0.472 e. The fraction of sp³-hybridized carbons (Fsp3) is 0.947. The van der Waals surface area contributed by atoms with Gasteiger partial charge in [-0.2, -0.15) is 0 Å². The van der Waals surface area contributed by atoms with Crippen molar-refractivity contribution >= 4 is 39.5 Å². The van der Waals surface area contributed by atoms with Gasteiger partial charge in [0.2, 0.25) is 0 Å². The van der Waals surface area contributed by atoms with E-state index in [1.807, 2.05) is 0 Å². The molecule has 17 nitrogen and oxygen atoms in total. The number of rotatable bonds is 73. The molecule has 0 aliphatic heterocycles. The number of phosphoric acid groups is 2. The Morgan fingerprint density at radius 2 is 0.505 bits per heavy atom. The molecule has 0 bridgehead atoms. The second kappa shape index (κ2) is 65.4. The molecule has 0 aromatic carbocycles. The molecule has 7 atom stereocenters. The zero-order valence-electron chi connectivity index (χ0n) is 62.3. The molecule has 4 unspecified atom stereocenters. The van der Waals surface area contributed by atoms with Crippen molar-refractivity contribution in [3.63, 3.8) is 0 Å². The lowest BCUT2D eigenvalue weighted by atomic mass is 9.99. The van der Waals surface area contributed by atoms with Gasteiger partial charge in [0.1, 0.15) is 19.3 Å². The summed E-state index contributed by atoms with van der Waals surface area (Å²) in [6.45, 7) is 14.2. The Morgan fingerprint density at radius 1 is 0.295 bits per heavy atom. The number of ether oxygens (including phenoxy) is 4. The van der Waals surface area contributed by atoms with E-state index in [-0.39, 0.29) is 25.7 Å². The first kappa shape index (κ1) is 93.1. The van der Waals surface area contributed by atoms with Gasteiger partial charge in [-0.1, -0.05) is 331 Å². The standard InChI is InChI=1S/C76H148O17P2/c1-9-68(7)54-46-38-30-24-17-13-11-12-14-18-25-31-40-48-56-73(78)86-62-71(92-76(81)59-51-43-33-27-21-20-23-29-37-45-53-67(5)6)64-90-94(82,83)88-60-70(77)61-89-95(84,85)91-65-72(63-87-74(79)57-49-41-35-34-39-47-55-69(8)10-2)93-75(80)58-50-42-32-26-19-15-16-22-28-36-44-52-66(3)4/h66-72,77H,9-65H2,1-8H3,(H,82,83)(H,84,85)/t68?,69?,70-,71-,72-/m1/s1. The van der Waals surface area contributed by atoms with Gasteiger partial charge in [-0.3, -0.25) is 37.3 Å². The number of aliphatic hydroxyl groups excluding tert-OH is 1. The molecule has 0 heterocycles. The SMILES string of the molecule is CCC(C)CCCCCCCCCCCCCCCCC(=O)OC[C@H](COP(=O)(O)OC[C@@H](O)COP(=O)(O)OC[C@@H](COC(=O)CCCCCCCCC(C)CC)OC(=O)CCCCCCCCCCCCCC(C)C)OC(=O)CCCCCCCCCCCCC(C)C. The van der Waals surface area contributed by atoms with Crippen molar-refractivity contribution in [3.8, 4) is 0 Å². The molecular formula is C76H148O17P2. The molecule has 0 rings (SSSR count). The van der Waals surface area contributed by atoms with Gasteiger partial charge >= 0.3 is 39.5 Å². The quantitative estimate of drug-likeness (QED) is 0.0222. The molecule has 0 saturated carbocycles. The van der Waals surface area contributed by atoms with E-state index >= 15 is 0 Å². The van der Waals surface area contributed by atoms with Gasteiger partial charge in [-0.05, 0) is 49.4 Å². The van der Waals surface area contributed by atoms with Crippen LogP contribution in [0.2, 0.25) is 0 Å². The van der Waals surface area contributed by atoms with E-state index in [1.165, 1.54) is 180 Å². The normalized spacial score (nSPS) is 14.7. The van der Waals surface area contributed by atoms with E-state index in [9.17, 15) is 43.2 Å². The molecule has 0 spiro atoms. The summed E-state index contributed by atoms with van der Waals surface area (Å²) in [5.41, 5.74) is 0. The van der Waals surface area contributed by atoms with Crippen molar-refractivity contribution in [1.29, 1.82) is 0 Å². The Hall–Kier alpha value is -1.94. The van der Waals surface area contributed by atoms with Crippen LogP contribution in [0.25, 0.3) is 0 Å². The van der Waals surface area contributed by atoms with Crippen molar-refractivity contribution in [2.75, 3.05) is 39.6 Å². The highest BCUT2D eigenvalue weighted by atomic mass is 31.2. The van der Waals surface area contributed by atoms with E-state index < -0.39 is 97.5 Å². The van der Waals surface area contributed by atoms with Crippen LogP contribution in [0.15, 0.2) is 0 Å². The monoisotopic (exact) mass is 1400 g/mol. The lowest BCUT2D eigenvalue weighted by molar-refractivity contribution is -0.161. The Labute approximate surface area is 581 Å². The number of hydrogen-bond donors (Lipinski definition) is 3. The summed E-state index contributed by atoms with van der Waals surface area (Å²) in [7, 11) is -9.91. The van der Waals surface area contributed by atoms with Crippen molar-refractivity contribution in [2.45, 2.75) is 401 Å². The van der Waals surface area contributed by atoms with E-state index in [0.717, 1.165) is 120 Å². The van der Waals surface area contributed by atoms with Crippen molar-refractivity contribution in [3.05, 3.63) is 0 Å². The third-order valence-electron chi connectivity index (χ3n) is 18.3. The molecule has 95 heavy (non-hydrogen) atoms. The number of carbonyl (C=O) groups excluding carboxylic acids is 4. The zero-order valence-corrected chi connectivity index (χ0v) is 64.1. The average Bonchev–Trinajstić information content (AvgIpc) is 1.64. The number of unbranched alkanes of at least 4 members (excludes halogenated alkanes) is 37. The van der Waals surface area contributed by atoms with E-state index in [4.69, 9.17) is 37.0 Å². The summed E-state index contributed by atoms with van der Waals surface area (Å²) in [5.74, 6) is 0.976. The summed E-state index contributed by atoms with van der Waals surface area (Å²) in [6.07, 6.45) is 49.9. The van der Waals surface area contributed by atoms with Gasteiger partial charge in [0.15, 0.2) is 12.2 Å². The molecular weight excluding hydrogens is 1250 g/mol. The van der Waals surface area contributed by atoms with Crippen molar-refractivity contribution < 1.29 is 80.2 Å². The number of hydrogen-bond acceptors (Lipinski definition) is 15. The van der Waals surface area contributed by atoms with Crippen LogP contribution < -0.4 is 0 Å². The molecule has 0 aromatic heterocycles. The van der Waals surface area contributed by atoms with Gasteiger partial charge in [-0.25, -0.2) is 9.13 Å². The number of carbonyl (C=O) groups is 4. The largest absolute Gasteiger partial charge is 0.472 e. The van der Waals surface area contributed by atoms with Crippen LogP contribution in [0.4, 0.5) is 0 Å². The minimum absolute atomic E-state index is 0.105. The van der Waals surface area contributed by atoms with Crippen LogP contribution in [-0.2, 0) is 65.4 Å². The summed E-state index contributed by atoms with van der Waals surface area (Å²) >= 11 is 0. The summed E-state index contributed by atoms with van der Waals surface area (Å²) < 4.78 is 68.5. The predicted octanol–water partition coefficient (Wildman–Crippen LogP) is 22.0. The van der Waals surface area contributed by atoms with Crippen LogP contribution in [-0.4, -0.2) is 96.7 Å². The van der Waals surface area contributed by atoms with E-state index in [1.54, 1.807) is 0 Å². The molecule has 564 valence electrons. The van der Waals surface area contributed by atoms with Gasteiger partial charge < -0.3 is 33.8 Å². The summed E-state index contributed by atoms with van der Waals surface area (Å²) in [6, 6.07) is 0. The predicted molar refractivity (Wildman–Crippen MR) is 386 cm³/mol. The zero-order chi connectivity index (χ0) is 70.3. The van der Waals surface area contributed by atoms with Crippen LogP contribution >= 0.6 is 15.6 Å². The fourth-order valence-electron chi connectivity index (χ4n) is 11.5. The average molecular weight is 1400 g/mol. The Kier molecular flexibility index (Phi) is 64.0. The van der Waals surface area contributed by atoms with E-state index in [0.29, 0.717) is 25.7 Å². The lowest BCUT2D eigenvalue weighted by Gasteiger charge is -2.21. The van der Waals surface area contributed by atoms with E-state index in [2.05, 4.69) is 55.4 Å². The maximum absolute atomic E-state index is 13.1. The van der Waals surface area contributed by atoms with Crippen molar-refractivity contribution in [1.82, 2.24) is 0 Å². The summed E-state index contributed by atoms with van der Waals surface area (Å²) in [4.78, 5) is 72.8. The summed E-state index contributed by atoms with van der Waals surface area (Å²) in [5, 5.41) is 10.6. The number of phosphoric ester groups is 2. The molecule has 0 saturated heterocycles. The molecule has 0 radical (unpaired) electrons. The molecule has 0 fully saturated rings. The second-order valence-electron chi connectivity index (χ2n) is 28.8. The van der Waals surface area contributed by atoms with Gasteiger partial charge in [0.25, 0.3) is 0 Å². The molecule has 0 aliphatic carbocycles. The number of aliphatic hydroxyl groups is 1. The first-order valence-electron chi connectivity index (χ1n) is 39.3. The van der Waals surface area contributed by atoms with Crippen LogP contribution in [0.1, 0.15) is 383 Å². The smallest absolute Gasteiger partial charge is 0.462 e. The minimum atomic E-state index is -4.96. The fourth-order valence-corrected chi connectivity index (χ4v) is 13.1. The maximum atomic E-state index is 13.1. The molecule has 3 N–H and O–H groups in total. The van der Waals surface area contributed by atoms with Gasteiger partial charge in [-0.15, -0.1) is 0 Å². The first-order chi connectivity index (χ1) is 45.7. The second-order valence-corrected chi connectivity index (χ2v) is 31.7. The highest BCUT2D eigenvalue weighted by Gasteiger charge is 2.30. The van der Waals surface area contributed by atoms with Crippen LogP contribution in [0.5, 0.6) is 0 Å². The lowest BCUT2D eigenvalue weighted by Crippen LogP contribution is -2.30. The third-order valence-corrected chi connectivity index (χ3v) is 20.2. The molecule has 0 aliphatic rings. The highest BCUT2D eigenvalue weighted by molar-refractivity contribution is 7.47. The van der Waals surface area contributed by atoms with Gasteiger partial charge in [0, 0.05) is 25.7 Å².